The summed E-state index contributed by atoms with van der Waals surface area (Å²) in [5.74, 6) is 0.852. The zero-order valence-corrected chi connectivity index (χ0v) is 12.6. The van der Waals surface area contributed by atoms with E-state index in [1.54, 1.807) is 0 Å². The third-order valence-electron chi connectivity index (χ3n) is 3.82. The Morgan fingerprint density at radius 2 is 2.05 bits per heavy atom. The van der Waals surface area contributed by atoms with Gasteiger partial charge in [-0.3, -0.25) is 9.69 Å². The minimum absolute atomic E-state index is 0.0934. The molecule has 0 saturated carbocycles. The van der Waals surface area contributed by atoms with Crippen LogP contribution in [-0.4, -0.2) is 62.0 Å². The third-order valence-corrected chi connectivity index (χ3v) is 3.82. The van der Waals surface area contributed by atoms with Crippen LogP contribution in [0.4, 0.5) is 0 Å². The summed E-state index contributed by atoms with van der Waals surface area (Å²) in [5, 5.41) is 0. The number of likely N-dealkylation sites (N-methyl/N-ethyl adjacent to an activating group) is 2. The van der Waals surface area contributed by atoms with Crippen molar-refractivity contribution in [3.8, 4) is 5.75 Å². The smallest absolute Gasteiger partial charge is 0.184 e. The van der Waals surface area contributed by atoms with Crippen LogP contribution in [0.5, 0.6) is 5.75 Å². The number of rotatable bonds is 4. The number of ketones is 1. The van der Waals surface area contributed by atoms with Gasteiger partial charge in [-0.05, 0) is 52.7 Å². The Labute approximate surface area is 121 Å². The highest BCUT2D eigenvalue weighted by atomic mass is 16.5. The highest BCUT2D eigenvalue weighted by molar-refractivity contribution is 6.02. The lowest BCUT2D eigenvalue weighted by Crippen LogP contribution is -2.43. The van der Waals surface area contributed by atoms with Crippen molar-refractivity contribution in [2.75, 3.05) is 40.3 Å². The summed E-state index contributed by atoms with van der Waals surface area (Å²) < 4.78 is 5.59. The molecule has 1 heterocycles. The molecular weight excluding hydrogens is 252 g/mol. The predicted molar refractivity (Wildman–Crippen MR) is 80.5 cm³/mol. The molecule has 2 rings (SSSR count). The van der Waals surface area contributed by atoms with Crippen molar-refractivity contribution in [1.29, 1.82) is 0 Å². The van der Waals surface area contributed by atoms with E-state index >= 15 is 0 Å². The molecule has 1 fully saturated rings. The minimum Gasteiger partial charge on any atom is -0.493 e. The van der Waals surface area contributed by atoms with Crippen LogP contribution in [0.2, 0.25) is 0 Å². The molecule has 0 amide bonds. The zero-order valence-electron chi connectivity index (χ0n) is 12.6. The number of carbonyl (C=O) groups is 1. The number of hydrogen-bond donors (Lipinski definition) is 0. The fraction of sp³-hybridized carbons (Fsp3) is 0.562. The van der Waals surface area contributed by atoms with Gasteiger partial charge in [-0.1, -0.05) is 12.1 Å². The largest absolute Gasteiger partial charge is 0.493 e. The molecule has 0 bridgehead atoms. The Bertz CT molecular complexity index is 462. The normalized spacial score (nSPS) is 21.4. The van der Waals surface area contributed by atoms with Gasteiger partial charge in [0.25, 0.3) is 0 Å². The van der Waals surface area contributed by atoms with Crippen molar-refractivity contribution in [3.05, 3.63) is 29.8 Å². The Hall–Kier alpha value is -1.39. The quantitative estimate of drug-likeness (QED) is 0.786. The fourth-order valence-corrected chi connectivity index (χ4v) is 2.69. The highest BCUT2D eigenvalue weighted by Gasteiger charge is 2.29. The van der Waals surface area contributed by atoms with Gasteiger partial charge in [-0.2, -0.15) is 0 Å². The molecule has 1 aliphatic heterocycles. The average molecular weight is 276 g/mol. The third kappa shape index (κ3) is 3.38. The molecule has 1 atom stereocenters. The van der Waals surface area contributed by atoms with Gasteiger partial charge in [0.1, 0.15) is 5.75 Å². The molecule has 0 radical (unpaired) electrons. The van der Waals surface area contributed by atoms with E-state index in [-0.39, 0.29) is 11.8 Å². The van der Waals surface area contributed by atoms with Gasteiger partial charge in [0.05, 0.1) is 18.2 Å². The van der Waals surface area contributed by atoms with Gasteiger partial charge in [-0.15, -0.1) is 0 Å². The van der Waals surface area contributed by atoms with Crippen molar-refractivity contribution >= 4 is 5.78 Å². The van der Waals surface area contributed by atoms with Crippen molar-refractivity contribution in [3.63, 3.8) is 0 Å². The van der Waals surface area contributed by atoms with E-state index in [4.69, 9.17) is 4.74 Å². The van der Waals surface area contributed by atoms with Crippen LogP contribution in [0.1, 0.15) is 23.7 Å². The molecule has 0 aromatic heterocycles. The van der Waals surface area contributed by atoms with Crippen molar-refractivity contribution < 1.29 is 9.53 Å². The lowest BCUT2D eigenvalue weighted by molar-refractivity contribution is 0.0835. The number of benzene rings is 1. The molecule has 0 aliphatic carbocycles. The molecule has 4 heteroatoms. The van der Waals surface area contributed by atoms with E-state index in [2.05, 4.69) is 16.8 Å². The summed E-state index contributed by atoms with van der Waals surface area (Å²) in [6.07, 6.45) is 1.10. The maximum Gasteiger partial charge on any atom is 0.184 e. The second-order valence-electron chi connectivity index (χ2n) is 5.41. The SMILES string of the molecule is CCOc1ccccc1C(=O)C1CN(C)CCCN1C. The number of Topliss-reactive ketones (excluding diaryl/α,β-unsaturated/α-hetero) is 1. The number of ether oxygens (including phenoxy) is 1. The van der Waals surface area contributed by atoms with Crippen LogP contribution in [0.15, 0.2) is 24.3 Å². The van der Waals surface area contributed by atoms with Crippen LogP contribution in [0.25, 0.3) is 0 Å². The van der Waals surface area contributed by atoms with Crippen molar-refractivity contribution in [2.45, 2.75) is 19.4 Å². The number of carbonyl (C=O) groups excluding carboxylic acids is 1. The molecule has 1 saturated heterocycles. The standard InChI is InChI=1S/C16H24N2O2/c1-4-20-15-9-6-5-8-13(15)16(19)14-12-17(2)10-7-11-18(14)3/h5-6,8-9,14H,4,7,10-12H2,1-3H3. The van der Waals surface area contributed by atoms with Crippen LogP contribution in [0.3, 0.4) is 0 Å². The molecule has 20 heavy (non-hydrogen) atoms. The minimum atomic E-state index is -0.0934. The van der Waals surface area contributed by atoms with Crippen LogP contribution >= 0.6 is 0 Å². The summed E-state index contributed by atoms with van der Waals surface area (Å²) in [6.45, 7) is 5.28. The first-order valence-electron chi connectivity index (χ1n) is 7.28. The van der Waals surface area contributed by atoms with E-state index in [1.807, 2.05) is 38.2 Å². The molecule has 1 aliphatic rings. The van der Waals surface area contributed by atoms with Gasteiger partial charge < -0.3 is 9.64 Å². The number of nitrogens with zero attached hydrogens (tertiary/aromatic N) is 2. The Morgan fingerprint density at radius 1 is 1.30 bits per heavy atom. The Balaban J connectivity index is 2.25. The molecular formula is C16H24N2O2. The number of hydrogen-bond acceptors (Lipinski definition) is 4. The molecule has 0 N–H and O–H groups in total. The monoisotopic (exact) mass is 276 g/mol. The molecule has 4 nitrogen and oxygen atoms in total. The van der Waals surface area contributed by atoms with E-state index in [0.717, 1.165) is 26.1 Å². The molecule has 1 aromatic carbocycles. The second kappa shape index (κ2) is 6.86. The van der Waals surface area contributed by atoms with Crippen LogP contribution < -0.4 is 4.74 Å². The van der Waals surface area contributed by atoms with Crippen molar-refractivity contribution in [1.82, 2.24) is 9.80 Å². The maximum absolute atomic E-state index is 12.9. The summed E-state index contributed by atoms with van der Waals surface area (Å²) in [5.41, 5.74) is 0.696. The topological polar surface area (TPSA) is 32.8 Å². The first-order valence-corrected chi connectivity index (χ1v) is 7.28. The van der Waals surface area contributed by atoms with Crippen LogP contribution in [0, 0.1) is 0 Å². The fourth-order valence-electron chi connectivity index (χ4n) is 2.69. The van der Waals surface area contributed by atoms with Gasteiger partial charge >= 0.3 is 0 Å². The lowest BCUT2D eigenvalue weighted by Gasteiger charge is -2.26. The first-order chi connectivity index (χ1) is 9.63. The van der Waals surface area contributed by atoms with E-state index in [1.165, 1.54) is 0 Å². The summed E-state index contributed by atoms with van der Waals surface area (Å²) >= 11 is 0. The average Bonchev–Trinajstić information content (AvgIpc) is 2.61. The first kappa shape index (κ1) is 15.0. The summed E-state index contributed by atoms with van der Waals surface area (Å²) in [7, 11) is 4.11. The molecule has 0 spiro atoms. The number of para-hydroxylation sites is 1. The van der Waals surface area contributed by atoms with E-state index < -0.39 is 0 Å². The van der Waals surface area contributed by atoms with Gasteiger partial charge in [0.2, 0.25) is 0 Å². The molecule has 110 valence electrons. The molecule has 1 unspecified atom stereocenters. The summed E-state index contributed by atoms with van der Waals surface area (Å²) in [4.78, 5) is 17.2. The van der Waals surface area contributed by atoms with Crippen LogP contribution in [-0.2, 0) is 0 Å². The Morgan fingerprint density at radius 3 is 2.80 bits per heavy atom. The Kier molecular flexibility index (Phi) is 5.15. The summed E-state index contributed by atoms with van der Waals surface area (Å²) in [6, 6.07) is 7.45. The second-order valence-corrected chi connectivity index (χ2v) is 5.41. The zero-order chi connectivity index (χ0) is 14.5. The predicted octanol–water partition coefficient (Wildman–Crippen LogP) is 1.90. The van der Waals surface area contributed by atoms with Gasteiger partial charge in [0, 0.05) is 6.54 Å². The van der Waals surface area contributed by atoms with Crippen molar-refractivity contribution in [2.24, 2.45) is 0 Å². The maximum atomic E-state index is 12.9. The van der Waals surface area contributed by atoms with Gasteiger partial charge in [-0.25, -0.2) is 0 Å². The lowest BCUT2D eigenvalue weighted by atomic mass is 10.0. The highest BCUT2D eigenvalue weighted by Crippen LogP contribution is 2.22. The molecule has 1 aromatic rings. The van der Waals surface area contributed by atoms with Gasteiger partial charge in [0.15, 0.2) is 5.78 Å². The van der Waals surface area contributed by atoms with E-state index in [0.29, 0.717) is 17.9 Å². The van der Waals surface area contributed by atoms with E-state index in [9.17, 15) is 4.79 Å².